The van der Waals surface area contributed by atoms with Crippen molar-refractivity contribution in [3.63, 3.8) is 0 Å². The lowest BCUT2D eigenvalue weighted by Gasteiger charge is -2.11. The zero-order chi connectivity index (χ0) is 13.9. The minimum absolute atomic E-state index is 0.674. The van der Waals surface area contributed by atoms with E-state index in [0.29, 0.717) is 19.1 Å². The summed E-state index contributed by atoms with van der Waals surface area (Å²) < 4.78 is 12.7. The Morgan fingerprint density at radius 3 is 2.84 bits per heavy atom. The van der Waals surface area contributed by atoms with Gasteiger partial charge in [-0.3, -0.25) is 0 Å². The summed E-state index contributed by atoms with van der Waals surface area (Å²) >= 11 is 0. The largest absolute Gasteiger partial charge is 0.382 e. The molecular weight excluding hydrogens is 240 g/mol. The third kappa shape index (κ3) is 7.35. The van der Waals surface area contributed by atoms with Crippen LogP contribution in [0.1, 0.15) is 26.0 Å². The van der Waals surface area contributed by atoms with Crippen LogP contribution in [0.15, 0.2) is 18.3 Å². The first-order chi connectivity index (χ1) is 9.24. The smallest absolute Gasteiger partial charge is 0.0700 e. The predicted octanol–water partition coefficient (Wildman–Crippen LogP) is 2.29. The van der Waals surface area contributed by atoms with E-state index in [-0.39, 0.29) is 0 Å². The van der Waals surface area contributed by atoms with Gasteiger partial charge in [0.15, 0.2) is 0 Å². The van der Waals surface area contributed by atoms with Crippen molar-refractivity contribution in [2.24, 2.45) is 5.92 Å². The van der Waals surface area contributed by atoms with E-state index in [0.717, 1.165) is 32.7 Å². The van der Waals surface area contributed by atoms with Crippen molar-refractivity contribution < 1.29 is 9.47 Å². The quantitative estimate of drug-likeness (QED) is 0.625. The zero-order valence-electron chi connectivity index (χ0n) is 12.5. The summed E-state index contributed by atoms with van der Waals surface area (Å²) in [5.41, 5.74) is 1.34. The van der Waals surface area contributed by atoms with Crippen LogP contribution in [0.25, 0.3) is 0 Å². The molecule has 0 saturated carbocycles. The standard InChI is InChI=1S/C15H28N2O2/c1-14(2)12-16-13-15-6-4-7-17(15)8-5-9-19-11-10-18-3/h4,6-7,14,16H,5,8-13H2,1-3H3. The molecular formula is C15H28N2O2. The fourth-order valence-corrected chi connectivity index (χ4v) is 1.90. The number of nitrogens with zero attached hydrogens (tertiary/aromatic N) is 1. The Bertz CT molecular complexity index is 324. The van der Waals surface area contributed by atoms with Gasteiger partial charge in [-0.05, 0) is 31.0 Å². The summed E-state index contributed by atoms with van der Waals surface area (Å²) in [6, 6.07) is 4.29. The van der Waals surface area contributed by atoms with Crippen molar-refractivity contribution in [2.45, 2.75) is 33.4 Å². The Kier molecular flexibility index (Phi) is 8.54. The molecule has 1 aromatic heterocycles. The summed E-state index contributed by atoms with van der Waals surface area (Å²) in [5, 5.41) is 3.48. The van der Waals surface area contributed by atoms with Gasteiger partial charge in [0, 0.05) is 38.7 Å². The van der Waals surface area contributed by atoms with E-state index >= 15 is 0 Å². The van der Waals surface area contributed by atoms with Gasteiger partial charge >= 0.3 is 0 Å². The monoisotopic (exact) mass is 268 g/mol. The molecule has 0 atom stereocenters. The number of rotatable bonds is 11. The molecule has 0 spiro atoms. The Balaban J connectivity index is 2.17. The fourth-order valence-electron chi connectivity index (χ4n) is 1.90. The Labute approximate surface area is 117 Å². The van der Waals surface area contributed by atoms with Gasteiger partial charge in [-0.15, -0.1) is 0 Å². The van der Waals surface area contributed by atoms with Crippen LogP contribution in [0.4, 0.5) is 0 Å². The van der Waals surface area contributed by atoms with Gasteiger partial charge in [0.2, 0.25) is 0 Å². The number of hydrogen-bond donors (Lipinski definition) is 1. The van der Waals surface area contributed by atoms with Gasteiger partial charge < -0.3 is 19.4 Å². The topological polar surface area (TPSA) is 35.4 Å². The highest BCUT2D eigenvalue weighted by atomic mass is 16.5. The second-order valence-corrected chi connectivity index (χ2v) is 5.18. The van der Waals surface area contributed by atoms with Crippen LogP contribution >= 0.6 is 0 Å². The van der Waals surface area contributed by atoms with Crippen molar-refractivity contribution in [1.29, 1.82) is 0 Å². The first-order valence-corrected chi connectivity index (χ1v) is 7.15. The summed E-state index contributed by atoms with van der Waals surface area (Å²) in [4.78, 5) is 0. The number of ether oxygens (including phenoxy) is 2. The molecule has 0 aromatic carbocycles. The Hall–Kier alpha value is -0.840. The van der Waals surface area contributed by atoms with E-state index < -0.39 is 0 Å². The lowest BCUT2D eigenvalue weighted by molar-refractivity contribution is 0.0679. The zero-order valence-corrected chi connectivity index (χ0v) is 12.5. The molecule has 0 radical (unpaired) electrons. The third-order valence-electron chi connectivity index (χ3n) is 2.90. The van der Waals surface area contributed by atoms with Gasteiger partial charge in [0.1, 0.15) is 0 Å². The van der Waals surface area contributed by atoms with Crippen LogP contribution in [0.3, 0.4) is 0 Å². The highest BCUT2D eigenvalue weighted by Gasteiger charge is 2.01. The average Bonchev–Trinajstić information content (AvgIpc) is 2.81. The van der Waals surface area contributed by atoms with E-state index in [4.69, 9.17) is 9.47 Å². The molecule has 1 N–H and O–H groups in total. The lowest BCUT2D eigenvalue weighted by atomic mass is 10.2. The van der Waals surface area contributed by atoms with Crippen LogP contribution < -0.4 is 5.32 Å². The van der Waals surface area contributed by atoms with Crippen LogP contribution in [0.5, 0.6) is 0 Å². The normalized spacial score (nSPS) is 11.4. The second kappa shape index (κ2) is 10.0. The average molecular weight is 268 g/mol. The Morgan fingerprint density at radius 1 is 1.26 bits per heavy atom. The van der Waals surface area contributed by atoms with E-state index in [1.807, 2.05) is 0 Å². The van der Waals surface area contributed by atoms with Crippen molar-refractivity contribution in [2.75, 3.05) is 33.5 Å². The molecule has 4 nitrogen and oxygen atoms in total. The van der Waals surface area contributed by atoms with Gasteiger partial charge in [-0.2, -0.15) is 0 Å². The molecule has 0 fully saturated rings. The molecule has 19 heavy (non-hydrogen) atoms. The molecule has 0 aliphatic rings. The van der Waals surface area contributed by atoms with Crippen LogP contribution in [-0.2, 0) is 22.6 Å². The molecule has 0 aliphatic carbocycles. The van der Waals surface area contributed by atoms with Crippen LogP contribution in [0.2, 0.25) is 0 Å². The Morgan fingerprint density at radius 2 is 2.11 bits per heavy atom. The fraction of sp³-hybridized carbons (Fsp3) is 0.733. The summed E-state index contributed by atoms with van der Waals surface area (Å²) in [6.07, 6.45) is 3.18. The molecule has 0 bridgehead atoms. The lowest BCUT2D eigenvalue weighted by Crippen LogP contribution is -2.21. The molecule has 1 aromatic rings. The summed E-state index contributed by atoms with van der Waals surface area (Å²) in [7, 11) is 1.69. The number of methoxy groups -OCH3 is 1. The molecule has 0 unspecified atom stereocenters. The van der Waals surface area contributed by atoms with E-state index in [1.54, 1.807) is 7.11 Å². The summed E-state index contributed by atoms with van der Waals surface area (Å²) in [6.45, 7) is 9.62. The van der Waals surface area contributed by atoms with Gasteiger partial charge in [0.25, 0.3) is 0 Å². The third-order valence-corrected chi connectivity index (χ3v) is 2.90. The van der Waals surface area contributed by atoms with Gasteiger partial charge in [-0.25, -0.2) is 0 Å². The first-order valence-electron chi connectivity index (χ1n) is 7.15. The molecule has 0 amide bonds. The summed E-state index contributed by atoms with van der Waals surface area (Å²) in [5.74, 6) is 0.692. The number of hydrogen-bond acceptors (Lipinski definition) is 3. The van der Waals surface area contributed by atoms with E-state index in [1.165, 1.54) is 5.69 Å². The van der Waals surface area contributed by atoms with E-state index in [9.17, 15) is 0 Å². The maximum atomic E-state index is 5.47. The maximum Gasteiger partial charge on any atom is 0.0700 e. The minimum Gasteiger partial charge on any atom is -0.382 e. The van der Waals surface area contributed by atoms with Crippen molar-refractivity contribution in [1.82, 2.24) is 9.88 Å². The molecule has 1 rings (SSSR count). The molecule has 4 heteroatoms. The van der Waals surface area contributed by atoms with Gasteiger partial charge in [-0.1, -0.05) is 13.8 Å². The van der Waals surface area contributed by atoms with Crippen LogP contribution in [0, 0.1) is 5.92 Å². The molecule has 110 valence electrons. The molecule has 0 saturated heterocycles. The van der Waals surface area contributed by atoms with Gasteiger partial charge in [0.05, 0.1) is 13.2 Å². The van der Waals surface area contributed by atoms with Crippen LogP contribution in [-0.4, -0.2) is 38.0 Å². The van der Waals surface area contributed by atoms with Crippen molar-refractivity contribution in [3.05, 3.63) is 24.0 Å². The van der Waals surface area contributed by atoms with Crippen molar-refractivity contribution in [3.8, 4) is 0 Å². The highest BCUT2D eigenvalue weighted by Crippen LogP contribution is 2.04. The molecule has 1 heterocycles. The number of nitrogens with one attached hydrogen (secondary N) is 1. The maximum absolute atomic E-state index is 5.47. The predicted molar refractivity (Wildman–Crippen MR) is 78.3 cm³/mol. The number of aromatic nitrogens is 1. The highest BCUT2D eigenvalue weighted by molar-refractivity contribution is 5.06. The van der Waals surface area contributed by atoms with E-state index in [2.05, 4.69) is 42.1 Å². The molecule has 0 aliphatic heterocycles. The first kappa shape index (κ1) is 16.2. The second-order valence-electron chi connectivity index (χ2n) is 5.18. The van der Waals surface area contributed by atoms with Crippen molar-refractivity contribution >= 4 is 0 Å². The number of aryl methyl sites for hydroxylation is 1. The minimum atomic E-state index is 0.674. The SMILES string of the molecule is COCCOCCCn1cccc1CNCC(C)C.